The molecule has 0 aliphatic heterocycles. The van der Waals surface area contributed by atoms with E-state index in [4.69, 9.17) is 16.3 Å². The highest BCUT2D eigenvalue weighted by molar-refractivity contribution is 6.29. The lowest BCUT2D eigenvalue weighted by Gasteiger charge is -2.03. The molecule has 0 atom stereocenters. The van der Waals surface area contributed by atoms with Crippen LogP contribution in [0.3, 0.4) is 0 Å². The number of hydrogen-bond acceptors (Lipinski definition) is 3. The topological polar surface area (TPSA) is 44.1 Å². The van der Waals surface area contributed by atoms with Gasteiger partial charge in [0.2, 0.25) is 0 Å². The van der Waals surface area contributed by atoms with Gasteiger partial charge in [-0.15, -0.1) is 0 Å². The van der Waals surface area contributed by atoms with Gasteiger partial charge in [0.1, 0.15) is 11.7 Å². The standard InChI is InChI=1S/C11H17ClN2O2/c1-4-16-11(15)7-14-10(12)6-9(13-14)5-8(2)3/h6,8H,4-5,7H2,1-3H3. The molecule has 0 saturated carbocycles. The molecule has 0 unspecified atom stereocenters. The van der Waals surface area contributed by atoms with Crippen molar-refractivity contribution in [1.82, 2.24) is 9.78 Å². The Morgan fingerprint density at radius 2 is 2.31 bits per heavy atom. The van der Waals surface area contributed by atoms with Crippen molar-refractivity contribution >= 4 is 17.6 Å². The van der Waals surface area contributed by atoms with E-state index in [1.807, 2.05) is 0 Å². The Morgan fingerprint density at radius 3 is 2.88 bits per heavy atom. The van der Waals surface area contributed by atoms with E-state index >= 15 is 0 Å². The summed E-state index contributed by atoms with van der Waals surface area (Å²) >= 11 is 5.97. The van der Waals surface area contributed by atoms with E-state index in [9.17, 15) is 4.79 Å². The Bertz CT molecular complexity index is 361. The van der Waals surface area contributed by atoms with Crippen molar-refractivity contribution in [2.45, 2.75) is 33.7 Å². The Labute approximate surface area is 101 Å². The third-order valence-corrected chi connectivity index (χ3v) is 2.29. The third kappa shape index (κ3) is 3.85. The number of carbonyl (C=O) groups is 1. The number of hydrogen-bond donors (Lipinski definition) is 0. The van der Waals surface area contributed by atoms with Crippen LogP contribution in [0, 0.1) is 5.92 Å². The quantitative estimate of drug-likeness (QED) is 0.747. The highest BCUT2D eigenvalue weighted by Gasteiger charge is 2.11. The fourth-order valence-corrected chi connectivity index (χ4v) is 1.63. The second-order valence-corrected chi connectivity index (χ2v) is 4.41. The molecular formula is C11H17ClN2O2. The van der Waals surface area contributed by atoms with Crippen LogP contribution in [0.5, 0.6) is 0 Å². The van der Waals surface area contributed by atoms with Gasteiger partial charge < -0.3 is 4.74 Å². The van der Waals surface area contributed by atoms with Gasteiger partial charge in [-0.1, -0.05) is 25.4 Å². The van der Waals surface area contributed by atoms with Crippen LogP contribution in [0.15, 0.2) is 6.07 Å². The molecule has 5 heteroatoms. The number of halogens is 1. The number of carbonyl (C=O) groups excluding carboxylic acids is 1. The summed E-state index contributed by atoms with van der Waals surface area (Å²) in [6.07, 6.45) is 0.857. The lowest BCUT2D eigenvalue weighted by Crippen LogP contribution is -2.14. The maximum absolute atomic E-state index is 11.3. The van der Waals surface area contributed by atoms with Gasteiger partial charge in [0.15, 0.2) is 0 Å². The summed E-state index contributed by atoms with van der Waals surface area (Å²) < 4.78 is 6.30. The normalized spacial score (nSPS) is 10.8. The molecule has 0 amide bonds. The largest absolute Gasteiger partial charge is 0.465 e. The van der Waals surface area contributed by atoms with Crippen molar-refractivity contribution in [2.75, 3.05) is 6.61 Å². The molecule has 0 aliphatic carbocycles. The number of ether oxygens (including phenoxy) is 1. The SMILES string of the molecule is CCOC(=O)Cn1nc(CC(C)C)cc1Cl. The lowest BCUT2D eigenvalue weighted by atomic mass is 10.1. The van der Waals surface area contributed by atoms with Crippen LogP contribution in [0.4, 0.5) is 0 Å². The van der Waals surface area contributed by atoms with Gasteiger partial charge in [0, 0.05) is 0 Å². The molecule has 90 valence electrons. The monoisotopic (exact) mass is 244 g/mol. The van der Waals surface area contributed by atoms with Crippen LogP contribution in [0.2, 0.25) is 5.15 Å². The summed E-state index contributed by atoms with van der Waals surface area (Å²) in [6, 6.07) is 1.79. The summed E-state index contributed by atoms with van der Waals surface area (Å²) in [5, 5.41) is 4.73. The smallest absolute Gasteiger partial charge is 0.327 e. The highest BCUT2D eigenvalue weighted by atomic mass is 35.5. The van der Waals surface area contributed by atoms with E-state index < -0.39 is 0 Å². The fourth-order valence-electron chi connectivity index (χ4n) is 1.40. The Kier molecular flexibility index (Phi) is 4.80. The molecule has 0 N–H and O–H groups in total. The van der Waals surface area contributed by atoms with Gasteiger partial charge in [0.05, 0.1) is 12.3 Å². The van der Waals surface area contributed by atoms with Gasteiger partial charge in [-0.2, -0.15) is 5.10 Å². The van der Waals surface area contributed by atoms with Gasteiger partial charge >= 0.3 is 5.97 Å². The summed E-state index contributed by atoms with van der Waals surface area (Å²) in [5.41, 5.74) is 0.907. The van der Waals surface area contributed by atoms with E-state index in [0.717, 1.165) is 12.1 Å². The third-order valence-electron chi connectivity index (χ3n) is 1.98. The average molecular weight is 245 g/mol. The molecule has 0 aliphatic rings. The van der Waals surface area contributed by atoms with Crippen LogP contribution in [-0.2, 0) is 22.5 Å². The van der Waals surface area contributed by atoms with Crippen LogP contribution < -0.4 is 0 Å². The molecule has 0 spiro atoms. The van der Waals surface area contributed by atoms with Crippen LogP contribution in [0.1, 0.15) is 26.5 Å². The molecule has 1 aromatic heterocycles. The first-order valence-electron chi connectivity index (χ1n) is 5.40. The maximum atomic E-state index is 11.3. The zero-order valence-corrected chi connectivity index (χ0v) is 10.6. The predicted octanol–water partition coefficient (Wildman–Crippen LogP) is 2.30. The predicted molar refractivity (Wildman–Crippen MR) is 62.4 cm³/mol. The Hall–Kier alpha value is -1.03. The molecular weight excluding hydrogens is 228 g/mol. The van der Waals surface area contributed by atoms with Gasteiger partial charge in [-0.05, 0) is 25.3 Å². The summed E-state index contributed by atoms with van der Waals surface area (Å²) in [7, 11) is 0. The van der Waals surface area contributed by atoms with Crippen molar-refractivity contribution in [3.05, 3.63) is 16.9 Å². The number of rotatable bonds is 5. The summed E-state index contributed by atoms with van der Waals surface area (Å²) in [5.74, 6) is 0.200. The molecule has 0 saturated heterocycles. The van der Waals surface area contributed by atoms with E-state index in [0.29, 0.717) is 17.7 Å². The highest BCUT2D eigenvalue weighted by Crippen LogP contribution is 2.14. The molecule has 1 rings (SSSR count). The van der Waals surface area contributed by atoms with Crippen LogP contribution in [0.25, 0.3) is 0 Å². The first-order chi connectivity index (χ1) is 7.52. The number of nitrogens with zero attached hydrogens (tertiary/aromatic N) is 2. The molecule has 16 heavy (non-hydrogen) atoms. The summed E-state index contributed by atoms with van der Waals surface area (Å²) in [4.78, 5) is 11.3. The molecule has 0 radical (unpaired) electrons. The van der Waals surface area contributed by atoms with Crippen LogP contribution >= 0.6 is 11.6 Å². The van der Waals surface area contributed by atoms with Gasteiger partial charge in [-0.25, -0.2) is 4.68 Å². The minimum absolute atomic E-state index is 0.0742. The molecule has 0 bridgehead atoms. The number of esters is 1. The minimum Gasteiger partial charge on any atom is -0.465 e. The Morgan fingerprint density at radius 1 is 1.62 bits per heavy atom. The molecule has 0 fully saturated rings. The summed E-state index contributed by atoms with van der Waals surface area (Å²) in [6.45, 7) is 6.44. The molecule has 1 aromatic rings. The first-order valence-corrected chi connectivity index (χ1v) is 5.78. The molecule has 1 heterocycles. The fraction of sp³-hybridized carbons (Fsp3) is 0.636. The van der Waals surface area contributed by atoms with E-state index in [1.165, 1.54) is 4.68 Å². The van der Waals surface area contributed by atoms with Gasteiger partial charge in [0.25, 0.3) is 0 Å². The van der Waals surface area contributed by atoms with Crippen molar-refractivity contribution in [1.29, 1.82) is 0 Å². The van der Waals surface area contributed by atoms with Crippen molar-refractivity contribution in [3.63, 3.8) is 0 Å². The van der Waals surface area contributed by atoms with Gasteiger partial charge in [-0.3, -0.25) is 4.79 Å². The van der Waals surface area contributed by atoms with Crippen molar-refractivity contribution in [2.24, 2.45) is 5.92 Å². The van der Waals surface area contributed by atoms with Crippen LogP contribution in [-0.4, -0.2) is 22.4 Å². The van der Waals surface area contributed by atoms with Crippen molar-refractivity contribution < 1.29 is 9.53 Å². The second kappa shape index (κ2) is 5.89. The number of aromatic nitrogens is 2. The second-order valence-electron chi connectivity index (χ2n) is 4.02. The van der Waals surface area contributed by atoms with Crippen molar-refractivity contribution in [3.8, 4) is 0 Å². The first kappa shape index (κ1) is 13.0. The Balaban J connectivity index is 2.66. The molecule has 0 aromatic carbocycles. The maximum Gasteiger partial charge on any atom is 0.327 e. The van der Waals surface area contributed by atoms with E-state index in [2.05, 4.69) is 18.9 Å². The molecule has 4 nitrogen and oxygen atoms in total. The average Bonchev–Trinajstić information content (AvgIpc) is 2.45. The van der Waals surface area contributed by atoms with E-state index in [-0.39, 0.29) is 12.5 Å². The lowest BCUT2D eigenvalue weighted by molar-refractivity contribution is -0.144. The zero-order valence-electron chi connectivity index (χ0n) is 9.86. The van der Waals surface area contributed by atoms with E-state index in [1.54, 1.807) is 13.0 Å². The minimum atomic E-state index is -0.316. The zero-order chi connectivity index (χ0) is 12.1.